The maximum absolute atomic E-state index is 12.6. The second-order valence-electron chi connectivity index (χ2n) is 7.19. The molecule has 1 aromatic rings. The van der Waals surface area contributed by atoms with Gasteiger partial charge in [0, 0.05) is 30.7 Å². The highest BCUT2D eigenvalue weighted by Gasteiger charge is 2.38. The topological polar surface area (TPSA) is 50.8 Å². The van der Waals surface area contributed by atoms with Crippen LogP contribution in [0.15, 0.2) is 36.9 Å². The van der Waals surface area contributed by atoms with Crippen LogP contribution in [0, 0.1) is 0 Å². The number of carbonyl (C=O) groups is 1. The lowest BCUT2D eigenvalue weighted by molar-refractivity contribution is -0.0361. The van der Waals surface area contributed by atoms with Crippen LogP contribution < -0.4 is 10.1 Å². The van der Waals surface area contributed by atoms with Crippen molar-refractivity contribution in [2.45, 2.75) is 37.6 Å². The first kappa shape index (κ1) is 18.9. The first-order chi connectivity index (χ1) is 12.7. The Morgan fingerprint density at radius 3 is 2.54 bits per heavy atom. The summed E-state index contributed by atoms with van der Waals surface area (Å²) in [5.41, 5.74) is 0.758. The molecular formula is C21H30N2O3. The number of rotatable bonds is 7. The molecule has 142 valence electrons. The minimum absolute atomic E-state index is 0.0153. The monoisotopic (exact) mass is 358 g/mol. The minimum atomic E-state index is -0.0153. The van der Waals surface area contributed by atoms with Gasteiger partial charge in [-0.3, -0.25) is 9.69 Å². The van der Waals surface area contributed by atoms with Crippen molar-refractivity contribution in [1.82, 2.24) is 10.2 Å². The van der Waals surface area contributed by atoms with Crippen molar-refractivity contribution in [2.75, 3.05) is 39.5 Å². The maximum Gasteiger partial charge on any atom is 0.251 e. The molecule has 0 bridgehead atoms. The van der Waals surface area contributed by atoms with Crippen molar-refractivity contribution in [3.63, 3.8) is 0 Å². The average molecular weight is 358 g/mol. The number of ether oxygens (including phenoxy) is 2. The average Bonchev–Trinajstić information content (AvgIpc) is 2.72. The van der Waals surface area contributed by atoms with Gasteiger partial charge in [0.1, 0.15) is 12.4 Å². The van der Waals surface area contributed by atoms with E-state index in [1.54, 1.807) is 6.08 Å². The predicted molar refractivity (Wildman–Crippen MR) is 103 cm³/mol. The van der Waals surface area contributed by atoms with Crippen LogP contribution in [0.3, 0.4) is 0 Å². The molecule has 1 saturated heterocycles. The Labute approximate surface area is 156 Å². The van der Waals surface area contributed by atoms with E-state index in [1.165, 1.54) is 19.3 Å². The third kappa shape index (κ3) is 4.65. The first-order valence-electron chi connectivity index (χ1n) is 9.68. The van der Waals surface area contributed by atoms with Crippen LogP contribution in [0.25, 0.3) is 0 Å². The fourth-order valence-electron chi connectivity index (χ4n) is 4.06. The van der Waals surface area contributed by atoms with E-state index in [2.05, 4.69) is 16.8 Å². The number of benzene rings is 1. The Kier molecular flexibility index (Phi) is 6.69. The Hall–Kier alpha value is -1.85. The summed E-state index contributed by atoms with van der Waals surface area (Å²) in [5.74, 6) is 0.733. The van der Waals surface area contributed by atoms with Crippen LogP contribution in [-0.2, 0) is 4.74 Å². The van der Waals surface area contributed by atoms with E-state index in [0.29, 0.717) is 18.7 Å². The molecule has 0 radical (unpaired) electrons. The summed E-state index contributed by atoms with van der Waals surface area (Å²) in [6.45, 7) is 8.32. The largest absolute Gasteiger partial charge is 0.490 e. The summed E-state index contributed by atoms with van der Waals surface area (Å²) in [4.78, 5) is 15.2. The molecule has 5 heteroatoms. The van der Waals surface area contributed by atoms with E-state index in [9.17, 15) is 4.79 Å². The lowest BCUT2D eigenvalue weighted by Crippen LogP contribution is -2.59. The molecule has 1 aliphatic heterocycles. The Morgan fingerprint density at radius 1 is 1.19 bits per heavy atom. The highest BCUT2D eigenvalue weighted by Crippen LogP contribution is 2.34. The lowest BCUT2D eigenvalue weighted by Gasteiger charge is -2.48. The van der Waals surface area contributed by atoms with E-state index in [-0.39, 0.29) is 11.4 Å². The zero-order valence-electron chi connectivity index (χ0n) is 15.5. The number of nitrogens with one attached hydrogen (secondary N) is 1. The number of carbonyl (C=O) groups excluding carboxylic acids is 1. The zero-order chi connectivity index (χ0) is 18.2. The number of amides is 1. The van der Waals surface area contributed by atoms with E-state index in [0.717, 1.165) is 44.9 Å². The van der Waals surface area contributed by atoms with Gasteiger partial charge >= 0.3 is 0 Å². The molecule has 1 aromatic carbocycles. The van der Waals surface area contributed by atoms with Crippen LogP contribution >= 0.6 is 0 Å². The first-order valence-corrected chi connectivity index (χ1v) is 9.68. The number of nitrogens with zero attached hydrogens (tertiary/aromatic N) is 1. The van der Waals surface area contributed by atoms with Crippen LogP contribution in [0.1, 0.15) is 42.5 Å². The quantitative estimate of drug-likeness (QED) is 0.761. The molecule has 5 nitrogen and oxygen atoms in total. The molecule has 0 unspecified atom stereocenters. The van der Waals surface area contributed by atoms with Crippen molar-refractivity contribution in [3.05, 3.63) is 42.5 Å². The van der Waals surface area contributed by atoms with E-state index >= 15 is 0 Å². The molecule has 1 N–H and O–H groups in total. The van der Waals surface area contributed by atoms with Crippen molar-refractivity contribution in [3.8, 4) is 5.75 Å². The molecule has 26 heavy (non-hydrogen) atoms. The van der Waals surface area contributed by atoms with E-state index in [1.807, 2.05) is 24.3 Å². The van der Waals surface area contributed by atoms with Crippen LogP contribution in [0.5, 0.6) is 5.75 Å². The fourth-order valence-corrected chi connectivity index (χ4v) is 4.06. The Morgan fingerprint density at radius 2 is 1.88 bits per heavy atom. The number of hydrogen-bond donors (Lipinski definition) is 1. The molecule has 2 fully saturated rings. The van der Waals surface area contributed by atoms with Crippen LogP contribution in [0.4, 0.5) is 0 Å². The molecule has 3 rings (SSSR count). The highest BCUT2D eigenvalue weighted by molar-refractivity contribution is 5.94. The van der Waals surface area contributed by atoms with Crippen molar-refractivity contribution in [2.24, 2.45) is 0 Å². The van der Waals surface area contributed by atoms with Gasteiger partial charge in [-0.15, -0.1) is 0 Å². The summed E-state index contributed by atoms with van der Waals surface area (Å²) in [5, 5.41) is 3.19. The van der Waals surface area contributed by atoms with Crippen molar-refractivity contribution < 1.29 is 14.3 Å². The third-order valence-electron chi connectivity index (χ3n) is 5.53. The molecule has 1 amide bonds. The van der Waals surface area contributed by atoms with Crippen LogP contribution in [0.2, 0.25) is 0 Å². The van der Waals surface area contributed by atoms with Crippen molar-refractivity contribution in [1.29, 1.82) is 0 Å². The molecule has 0 atom stereocenters. The van der Waals surface area contributed by atoms with Gasteiger partial charge in [-0.05, 0) is 37.1 Å². The van der Waals surface area contributed by atoms with Gasteiger partial charge in [-0.1, -0.05) is 31.9 Å². The second-order valence-corrected chi connectivity index (χ2v) is 7.19. The lowest BCUT2D eigenvalue weighted by atomic mass is 9.79. The van der Waals surface area contributed by atoms with Crippen LogP contribution in [-0.4, -0.2) is 55.8 Å². The van der Waals surface area contributed by atoms with Gasteiger partial charge in [0.15, 0.2) is 0 Å². The SMILES string of the molecule is C=CCOc1ccc(C(=O)NCC2(N3CCOCC3)CCCCC2)cc1. The van der Waals surface area contributed by atoms with Gasteiger partial charge in [0.2, 0.25) is 0 Å². The standard InChI is InChI=1S/C21H30N2O3/c1-2-14-26-19-8-6-18(7-9-19)20(24)22-17-21(10-4-3-5-11-21)23-12-15-25-16-13-23/h2,6-9H,1,3-5,10-17H2,(H,22,24). The summed E-state index contributed by atoms with van der Waals surface area (Å²) in [6, 6.07) is 7.29. The normalized spacial score (nSPS) is 20.3. The molecule has 1 aliphatic carbocycles. The maximum atomic E-state index is 12.6. The molecular weight excluding hydrogens is 328 g/mol. The number of hydrogen-bond acceptors (Lipinski definition) is 4. The molecule has 1 saturated carbocycles. The van der Waals surface area contributed by atoms with E-state index < -0.39 is 0 Å². The molecule has 1 heterocycles. The summed E-state index contributed by atoms with van der Waals surface area (Å²) in [7, 11) is 0. The minimum Gasteiger partial charge on any atom is -0.490 e. The second kappa shape index (κ2) is 9.19. The summed E-state index contributed by atoms with van der Waals surface area (Å²) >= 11 is 0. The molecule has 0 spiro atoms. The highest BCUT2D eigenvalue weighted by atomic mass is 16.5. The molecule has 0 aromatic heterocycles. The third-order valence-corrected chi connectivity index (χ3v) is 5.53. The smallest absolute Gasteiger partial charge is 0.251 e. The Bertz CT molecular complexity index is 588. The summed E-state index contributed by atoms with van der Waals surface area (Å²) in [6.07, 6.45) is 7.79. The predicted octanol–water partition coefficient (Wildman–Crippen LogP) is 3.02. The van der Waals surface area contributed by atoms with Gasteiger partial charge < -0.3 is 14.8 Å². The summed E-state index contributed by atoms with van der Waals surface area (Å²) < 4.78 is 11.0. The van der Waals surface area contributed by atoms with Gasteiger partial charge in [0.05, 0.1) is 13.2 Å². The number of morpholine rings is 1. The van der Waals surface area contributed by atoms with Crippen molar-refractivity contribution >= 4 is 5.91 Å². The van der Waals surface area contributed by atoms with Gasteiger partial charge in [0.25, 0.3) is 5.91 Å². The van der Waals surface area contributed by atoms with Gasteiger partial charge in [-0.2, -0.15) is 0 Å². The molecule has 2 aliphatic rings. The van der Waals surface area contributed by atoms with Gasteiger partial charge in [-0.25, -0.2) is 0 Å². The Balaban J connectivity index is 1.60. The van der Waals surface area contributed by atoms with E-state index in [4.69, 9.17) is 9.47 Å². The fraction of sp³-hybridized carbons (Fsp3) is 0.571. The zero-order valence-corrected chi connectivity index (χ0v) is 15.5.